The molecular weight excluding hydrogens is 174 g/mol. The lowest BCUT2D eigenvalue weighted by Crippen LogP contribution is -1.97. The molecule has 0 aliphatic heterocycles. The van der Waals surface area contributed by atoms with Crippen molar-refractivity contribution < 1.29 is 13.9 Å². The predicted molar refractivity (Wildman–Crippen MR) is 44.3 cm³/mol. The SMILES string of the molecule is C[C@H]1C[C@@H](O)c2c(F)ccc(F)c21. The van der Waals surface area contributed by atoms with Crippen molar-refractivity contribution in [3.8, 4) is 0 Å². The van der Waals surface area contributed by atoms with Gasteiger partial charge in [0.25, 0.3) is 0 Å². The van der Waals surface area contributed by atoms with Crippen molar-refractivity contribution in [2.75, 3.05) is 0 Å². The van der Waals surface area contributed by atoms with Gasteiger partial charge in [-0.1, -0.05) is 6.92 Å². The molecule has 0 radical (unpaired) electrons. The highest BCUT2D eigenvalue weighted by atomic mass is 19.1. The highest BCUT2D eigenvalue weighted by Gasteiger charge is 2.32. The summed E-state index contributed by atoms with van der Waals surface area (Å²) >= 11 is 0. The largest absolute Gasteiger partial charge is 0.388 e. The molecule has 2 atom stereocenters. The van der Waals surface area contributed by atoms with Gasteiger partial charge < -0.3 is 5.11 Å². The third kappa shape index (κ3) is 1.15. The van der Waals surface area contributed by atoms with Crippen molar-refractivity contribution in [2.24, 2.45) is 0 Å². The minimum atomic E-state index is -0.847. The van der Waals surface area contributed by atoms with Crippen LogP contribution in [0.4, 0.5) is 8.78 Å². The molecule has 0 saturated carbocycles. The lowest BCUT2D eigenvalue weighted by molar-refractivity contribution is 0.170. The minimum Gasteiger partial charge on any atom is -0.388 e. The van der Waals surface area contributed by atoms with Crippen molar-refractivity contribution in [3.05, 3.63) is 34.9 Å². The number of benzene rings is 1. The summed E-state index contributed by atoms with van der Waals surface area (Å²) in [4.78, 5) is 0. The van der Waals surface area contributed by atoms with Crippen LogP contribution in [0.3, 0.4) is 0 Å². The van der Waals surface area contributed by atoms with Crippen LogP contribution in [0.15, 0.2) is 12.1 Å². The van der Waals surface area contributed by atoms with Gasteiger partial charge in [-0.15, -0.1) is 0 Å². The highest BCUT2D eigenvalue weighted by molar-refractivity contribution is 5.38. The van der Waals surface area contributed by atoms with Gasteiger partial charge in [-0.25, -0.2) is 8.78 Å². The smallest absolute Gasteiger partial charge is 0.129 e. The van der Waals surface area contributed by atoms with E-state index in [9.17, 15) is 13.9 Å². The lowest BCUT2D eigenvalue weighted by Gasteiger charge is -2.06. The van der Waals surface area contributed by atoms with E-state index in [2.05, 4.69) is 0 Å². The summed E-state index contributed by atoms with van der Waals surface area (Å²) in [5.74, 6) is -1.02. The van der Waals surface area contributed by atoms with E-state index in [1.165, 1.54) is 0 Å². The summed E-state index contributed by atoms with van der Waals surface area (Å²) in [6, 6.07) is 2.18. The van der Waals surface area contributed by atoms with Gasteiger partial charge in [0.15, 0.2) is 0 Å². The lowest BCUT2D eigenvalue weighted by atomic mass is 10.0. The molecule has 0 fully saturated rings. The molecule has 1 aliphatic carbocycles. The molecule has 1 aliphatic rings. The maximum absolute atomic E-state index is 13.2. The molecule has 70 valence electrons. The number of aliphatic hydroxyl groups excluding tert-OH is 1. The number of aliphatic hydroxyl groups is 1. The summed E-state index contributed by atoms with van der Waals surface area (Å²) < 4.78 is 26.4. The van der Waals surface area contributed by atoms with E-state index in [-0.39, 0.29) is 11.5 Å². The molecule has 0 unspecified atom stereocenters. The Labute approximate surface area is 75.0 Å². The first-order chi connectivity index (χ1) is 6.11. The predicted octanol–water partition coefficient (Wildman–Crippen LogP) is 2.51. The number of rotatable bonds is 0. The number of hydrogen-bond acceptors (Lipinski definition) is 1. The zero-order valence-corrected chi connectivity index (χ0v) is 7.22. The molecule has 3 heteroatoms. The molecule has 1 aromatic carbocycles. The van der Waals surface area contributed by atoms with Crippen LogP contribution in [0.5, 0.6) is 0 Å². The third-order valence-corrected chi connectivity index (χ3v) is 2.58. The third-order valence-electron chi connectivity index (χ3n) is 2.58. The Balaban J connectivity index is 2.67. The van der Waals surface area contributed by atoms with Crippen LogP contribution in [0.25, 0.3) is 0 Å². The number of fused-ring (bicyclic) bond motifs is 1. The van der Waals surface area contributed by atoms with Gasteiger partial charge >= 0.3 is 0 Å². The van der Waals surface area contributed by atoms with Crippen molar-refractivity contribution in [2.45, 2.75) is 25.4 Å². The van der Waals surface area contributed by atoms with Gasteiger partial charge in [-0.2, -0.15) is 0 Å². The molecule has 0 saturated heterocycles. The molecule has 1 aromatic rings. The second-order valence-electron chi connectivity index (χ2n) is 3.51. The Hall–Kier alpha value is -0.960. The first-order valence-corrected chi connectivity index (χ1v) is 4.27. The van der Waals surface area contributed by atoms with Gasteiger partial charge in [0.1, 0.15) is 11.6 Å². The molecule has 13 heavy (non-hydrogen) atoms. The van der Waals surface area contributed by atoms with Crippen LogP contribution in [-0.4, -0.2) is 5.11 Å². The minimum absolute atomic E-state index is 0.0966. The summed E-state index contributed by atoms with van der Waals surface area (Å²) in [5, 5.41) is 9.45. The zero-order valence-electron chi connectivity index (χ0n) is 7.22. The molecule has 1 nitrogen and oxygen atoms in total. The topological polar surface area (TPSA) is 20.2 Å². The van der Waals surface area contributed by atoms with Crippen LogP contribution in [0.2, 0.25) is 0 Å². The number of halogens is 2. The van der Waals surface area contributed by atoms with E-state index in [4.69, 9.17) is 0 Å². The van der Waals surface area contributed by atoms with Crippen molar-refractivity contribution in [3.63, 3.8) is 0 Å². The summed E-state index contributed by atoms with van der Waals surface area (Å²) in [5.41, 5.74) is 0.486. The molecule has 0 heterocycles. The Kier molecular flexibility index (Phi) is 1.84. The van der Waals surface area contributed by atoms with E-state index in [1.54, 1.807) is 6.92 Å². The molecule has 1 N–H and O–H groups in total. The van der Waals surface area contributed by atoms with Gasteiger partial charge in [-0.3, -0.25) is 0 Å². The van der Waals surface area contributed by atoms with E-state index in [1.807, 2.05) is 0 Å². The fraction of sp³-hybridized carbons (Fsp3) is 0.400. The van der Waals surface area contributed by atoms with Gasteiger partial charge in [0.05, 0.1) is 6.10 Å². The van der Waals surface area contributed by atoms with E-state index < -0.39 is 17.7 Å². The van der Waals surface area contributed by atoms with E-state index in [0.29, 0.717) is 12.0 Å². The highest BCUT2D eigenvalue weighted by Crippen LogP contribution is 2.42. The van der Waals surface area contributed by atoms with E-state index >= 15 is 0 Å². The van der Waals surface area contributed by atoms with Crippen LogP contribution in [0.1, 0.15) is 36.5 Å². The maximum Gasteiger partial charge on any atom is 0.129 e. The molecule has 0 aromatic heterocycles. The average molecular weight is 184 g/mol. The normalized spacial score (nSPS) is 26.2. The molecule has 0 amide bonds. The Morgan fingerprint density at radius 3 is 2.31 bits per heavy atom. The van der Waals surface area contributed by atoms with Crippen LogP contribution in [-0.2, 0) is 0 Å². The molecular formula is C10H10F2O. The van der Waals surface area contributed by atoms with Crippen molar-refractivity contribution in [1.29, 1.82) is 0 Å². The van der Waals surface area contributed by atoms with Crippen molar-refractivity contribution >= 4 is 0 Å². The average Bonchev–Trinajstić information content (AvgIpc) is 2.36. The quantitative estimate of drug-likeness (QED) is 0.656. The standard InChI is InChI=1S/C10H10F2O/c1-5-4-8(13)10-7(12)3-2-6(11)9(5)10/h2-3,5,8,13H,4H2,1H3/t5-,8+/m0/s1. The molecule has 0 spiro atoms. The summed E-state index contributed by atoms with van der Waals surface area (Å²) in [6.45, 7) is 1.79. The second kappa shape index (κ2) is 2.77. The van der Waals surface area contributed by atoms with E-state index in [0.717, 1.165) is 12.1 Å². The first kappa shape index (κ1) is 8.63. The second-order valence-corrected chi connectivity index (χ2v) is 3.51. The first-order valence-electron chi connectivity index (χ1n) is 4.27. The van der Waals surface area contributed by atoms with Crippen LogP contribution >= 0.6 is 0 Å². The fourth-order valence-electron chi connectivity index (χ4n) is 1.99. The Bertz CT molecular complexity index is 316. The van der Waals surface area contributed by atoms with Gasteiger partial charge in [-0.05, 0) is 30.0 Å². The summed E-state index contributed by atoms with van der Waals surface area (Å²) in [7, 11) is 0. The van der Waals surface area contributed by atoms with Gasteiger partial charge in [0.2, 0.25) is 0 Å². The zero-order chi connectivity index (χ0) is 9.59. The monoisotopic (exact) mass is 184 g/mol. The fourth-order valence-corrected chi connectivity index (χ4v) is 1.99. The van der Waals surface area contributed by atoms with Gasteiger partial charge in [0, 0.05) is 5.56 Å². The van der Waals surface area contributed by atoms with Crippen LogP contribution < -0.4 is 0 Å². The Morgan fingerprint density at radius 2 is 1.77 bits per heavy atom. The van der Waals surface area contributed by atoms with Crippen molar-refractivity contribution in [1.82, 2.24) is 0 Å². The molecule has 0 bridgehead atoms. The Morgan fingerprint density at radius 1 is 1.23 bits per heavy atom. The number of hydrogen-bond donors (Lipinski definition) is 1. The van der Waals surface area contributed by atoms with Crippen LogP contribution in [0, 0.1) is 11.6 Å². The maximum atomic E-state index is 13.2. The molecule has 2 rings (SSSR count). The summed E-state index contributed by atoms with van der Waals surface area (Å²) in [6.07, 6.45) is -0.437.